The van der Waals surface area contributed by atoms with Crippen LogP contribution in [0.4, 0.5) is 11.5 Å². The van der Waals surface area contributed by atoms with Gasteiger partial charge in [-0.3, -0.25) is 19.4 Å². The van der Waals surface area contributed by atoms with Gasteiger partial charge in [0.15, 0.2) is 5.65 Å². The second-order valence-corrected chi connectivity index (χ2v) is 8.66. The number of ketones is 1. The predicted octanol–water partition coefficient (Wildman–Crippen LogP) is 2.83. The van der Waals surface area contributed by atoms with Crippen LogP contribution in [0, 0.1) is 13.8 Å². The molecule has 1 aliphatic heterocycles. The number of carbonyl (C=O) groups excluding carboxylic acids is 2. The van der Waals surface area contributed by atoms with Gasteiger partial charge in [0.25, 0.3) is 11.5 Å². The minimum absolute atomic E-state index is 0.134. The fourth-order valence-corrected chi connectivity index (χ4v) is 3.83. The van der Waals surface area contributed by atoms with Crippen LogP contribution in [0.5, 0.6) is 0 Å². The predicted molar refractivity (Wildman–Crippen MR) is 136 cm³/mol. The van der Waals surface area contributed by atoms with Crippen LogP contribution in [0.3, 0.4) is 0 Å². The van der Waals surface area contributed by atoms with E-state index in [0.29, 0.717) is 18.7 Å². The Bertz CT molecular complexity index is 1290. The van der Waals surface area contributed by atoms with Crippen molar-refractivity contribution >= 4 is 34.4 Å². The monoisotopic (exact) mass is 479 g/mol. The van der Waals surface area contributed by atoms with E-state index in [9.17, 15) is 14.4 Å². The summed E-state index contributed by atoms with van der Waals surface area (Å²) in [5.41, 5.74) is 6.96. The van der Waals surface area contributed by atoms with E-state index in [4.69, 9.17) is 5.84 Å². The molecule has 0 unspecified atom stereocenters. The molecule has 0 saturated carbocycles. The second-order valence-electron chi connectivity index (χ2n) is 8.66. The number of fused-ring (bicyclic) bond motifs is 2. The van der Waals surface area contributed by atoms with Crippen LogP contribution in [-0.2, 0) is 22.6 Å². The Morgan fingerprint density at radius 3 is 2.31 bits per heavy atom. The van der Waals surface area contributed by atoms with Gasteiger partial charge in [0.1, 0.15) is 0 Å². The molecule has 1 amide bonds. The number of nitrogens with zero attached hydrogens (tertiary/aromatic N) is 5. The van der Waals surface area contributed by atoms with Gasteiger partial charge >= 0.3 is 0 Å². The highest BCUT2D eigenvalue weighted by atomic mass is 16.2. The average Bonchev–Trinajstić information content (AvgIpc) is 2.84. The SMILES string of the molecule is CCCCN1C(=O)C(=O)Cc2ncc(C)cc21.CCCCn1c(=O)c(NN)nc2ncc(C)cc21. The maximum Gasteiger partial charge on any atom is 0.295 e. The number of unbranched alkanes of at least 4 members (excludes halogenated alkanes) is 2. The second kappa shape index (κ2) is 11.7. The molecule has 0 atom stereocenters. The zero-order chi connectivity index (χ0) is 25.5. The third-order valence-corrected chi connectivity index (χ3v) is 5.73. The highest BCUT2D eigenvalue weighted by molar-refractivity contribution is 6.43. The lowest BCUT2D eigenvalue weighted by atomic mass is 10.0. The minimum atomic E-state index is -0.390. The van der Waals surface area contributed by atoms with Gasteiger partial charge in [-0.1, -0.05) is 26.7 Å². The molecule has 186 valence electrons. The summed E-state index contributed by atoms with van der Waals surface area (Å²) in [7, 11) is 0. The summed E-state index contributed by atoms with van der Waals surface area (Å²) in [6.45, 7) is 9.27. The van der Waals surface area contributed by atoms with Gasteiger partial charge in [0, 0.05) is 25.5 Å². The first-order chi connectivity index (χ1) is 16.8. The van der Waals surface area contributed by atoms with Gasteiger partial charge in [-0.2, -0.15) is 0 Å². The van der Waals surface area contributed by atoms with Crippen molar-refractivity contribution in [2.45, 2.75) is 66.3 Å². The van der Waals surface area contributed by atoms with Crippen molar-refractivity contribution in [3.8, 4) is 0 Å². The normalized spacial score (nSPS) is 12.9. The lowest BCUT2D eigenvalue weighted by Crippen LogP contribution is -2.42. The molecule has 0 fully saturated rings. The smallest absolute Gasteiger partial charge is 0.295 e. The topological polar surface area (TPSA) is 136 Å². The number of nitrogens with one attached hydrogen (secondary N) is 1. The molecule has 3 aromatic rings. The number of nitrogen functional groups attached to an aromatic ring is 1. The number of hydrogen-bond donors (Lipinski definition) is 2. The number of hydrazine groups is 1. The van der Waals surface area contributed by atoms with Crippen molar-refractivity contribution in [2.24, 2.45) is 5.84 Å². The van der Waals surface area contributed by atoms with Crippen molar-refractivity contribution in [2.75, 3.05) is 16.9 Å². The van der Waals surface area contributed by atoms with Gasteiger partial charge in [-0.05, 0) is 49.9 Å². The largest absolute Gasteiger partial charge is 0.304 e. The number of aromatic nitrogens is 4. The highest BCUT2D eigenvalue weighted by Crippen LogP contribution is 2.26. The first kappa shape index (κ1) is 26.0. The van der Waals surface area contributed by atoms with Gasteiger partial charge in [-0.25, -0.2) is 15.8 Å². The van der Waals surface area contributed by atoms with Gasteiger partial charge < -0.3 is 14.9 Å². The molecule has 3 aromatic heterocycles. The summed E-state index contributed by atoms with van der Waals surface area (Å²) in [6.07, 6.45) is 7.43. The number of amides is 1. The van der Waals surface area contributed by atoms with E-state index in [1.807, 2.05) is 26.0 Å². The fourth-order valence-electron chi connectivity index (χ4n) is 3.83. The van der Waals surface area contributed by atoms with E-state index in [1.165, 1.54) is 0 Å². The molecule has 35 heavy (non-hydrogen) atoms. The fraction of sp³-hybridized carbons (Fsp3) is 0.440. The molecule has 0 bridgehead atoms. The number of Topliss-reactive ketones (excluding diaryl/α,β-unsaturated/α-hetero) is 1. The van der Waals surface area contributed by atoms with Crippen LogP contribution >= 0.6 is 0 Å². The minimum Gasteiger partial charge on any atom is -0.304 e. The van der Waals surface area contributed by atoms with Gasteiger partial charge in [0.2, 0.25) is 11.6 Å². The molecule has 10 nitrogen and oxygen atoms in total. The molecular formula is C25H33N7O3. The maximum atomic E-state index is 12.2. The third kappa shape index (κ3) is 5.89. The number of nitrogens with two attached hydrogens (primary N) is 1. The van der Waals surface area contributed by atoms with Crippen molar-refractivity contribution in [3.05, 3.63) is 51.7 Å². The molecule has 0 saturated heterocycles. The average molecular weight is 480 g/mol. The van der Waals surface area contributed by atoms with Crippen molar-refractivity contribution < 1.29 is 9.59 Å². The Balaban J connectivity index is 0.000000196. The van der Waals surface area contributed by atoms with Crippen LogP contribution in [0.25, 0.3) is 11.2 Å². The highest BCUT2D eigenvalue weighted by Gasteiger charge is 2.31. The molecule has 0 spiro atoms. The molecule has 4 rings (SSSR count). The Morgan fingerprint density at radius 2 is 1.63 bits per heavy atom. The van der Waals surface area contributed by atoms with E-state index in [1.54, 1.807) is 21.9 Å². The standard InChI is InChI=1S/C13H16N2O2.C12H17N5O/c1-3-4-5-15-11-6-9(2)8-14-10(11)7-12(16)13(15)17;1-3-4-5-17-9-6-8(2)7-14-10(9)15-11(16-13)12(17)18/h6,8H,3-5,7H2,1-2H3;6-7H,3-5,13H2,1-2H3,(H,14,15,16). The third-order valence-electron chi connectivity index (χ3n) is 5.73. The number of anilines is 2. The van der Waals surface area contributed by atoms with Crippen molar-refractivity contribution in [1.82, 2.24) is 19.5 Å². The Hall–Kier alpha value is -3.66. The van der Waals surface area contributed by atoms with Crippen LogP contribution in [0.1, 0.15) is 56.4 Å². The molecule has 0 aromatic carbocycles. The molecule has 1 aliphatic rings. The lowest BCUT2D eigenvalue weighted by Gasteiger charge is -2.27. The molecule has 0 aliphatic carbocycles. The zero-order valence-corrected chi connectivity index (χ0v) is 20.8. The summed E-state index contributed by atoms with van der Waals surface area (Å²) in [6, 6.07) is 3.86. The quantitative estimate of drug-likeness (QED) is 0.300. The molecule has 4 heterocycles. The van der Waals surface area contributed by atoms with Gasteiger partial charge in [0.05, 0.1) is 23.3 Å². The van der Waals surface area contributed by atoms with E-state index in [2.05, 4.69) is 34.2 Å². The molecule has 0 radical (unpaired) electrons. The maximum absolute atomic E-state index is 12.2. The van der Waals surface area contributed by atoms with Crippen molar-refractivity contribution in [1.29, 1.82) is 0 Å². The number of aryl methyl sites for hydroxylation is 3. The molecule has 10 heteroatoms. The summed E-state index contributed by atoms with van der Waals surface area (Å²) < 4.78 is 1.68. The summed E-state index contributed by atoms with van der Waals surface area (Å²) in [5, 5.41) is 0. The van der Waals surface area contributed by atoms with Crippen LogP contribution in [0.2, 0.25) is 0 Å². The van der Waals surface area contributed by atoms with Crippen LogP contribution in [0.15, 0.2) is 29.3 Å². The Kier molecular flexibility index (Phi) is 8.64. The summed E-state index contributed by atoms with van der Waals surface area (Å²) >= 11 is 0. The van der Waals surface area contributed by atoms with Crippen molar-refractivity contribution in [3.63, 3.8) is 0 Å². The van der Waals surface area contributed by atoms with E-state index < -0.39 is 5.91 Å². The number of carbonyl (C=O) groups is 2. The first-order valence-corrected chi connectivity index (χ1v) is 11.9. The van der Waals surface area contributed by atoms with Crippen LogP contribution in [-0.4, -0.2) is 37.8 Å². The van der Waals surface area contributed by atoms with E-state index >= 15 is 0 Å². The lowest BCUT2D eigenvalue weighted by molar-refractivity contribution is -0.136. The van der Waals surface area contributed by atoms with E-state index in [0.717, 1.165) is 53.7 Å². The van der Waals surface area contributed by atoms with Gasteiger partial charge in [-0.15, -0.1) is 0 Å². The molecule has 3 N–H and O–H groups in total. The number of hydrogen-bond acceptors (Lipinski definition) is 8. The molecular weight excluding hydrogens is 446 g/mol. The Morgan fingerprint density at radius 1 is 0.971 bits per heavy atom. The zero-order valence-electron chi connectivity index (χ0n) is 20.8. The number of pyridine rings is 2. The Labute approximate surface area is 204 Å². The summed E-state index contributed by atoms with van der Waals surface area (Å²) in [5.74, 6) is 4.70. The van der Waals surface area contributed by atoms with E-state index in [-0.39, 0.29) is 23.6 Å². The number of rotatable bonds is 7. The van der Waals surface area contributed by atoms with Crippen LogP contribution < -0.4 is 21.7 Å². The summed E-state index contributed by atoms with van der Waals surface area (Å²) in [4.78, 5) is 49.8. The first-order valence-electron chi connectivity index (χ1n) is 11.9.